The van der Waals surface area contributed by atoms with Crippen LogP contribution in [-0.2, 0) is 6.54 Å². The van der Waals surface area contributed by atoms with Gasteiger partial charge < -0.3 is 10.5 Å². The molecule has 0 aliphatic heterocycles. The third kappa shape index (κ3) is 5.42. The van der Waals surface area contributed by atoms with E-state index in [-0.39, 0.29) is 10.6 Å². The molecule has 2 fully saturated rings. The second-order valence-corrected chi connectivity index (χ2v) is 8.27. The summed E-state index contributed by atoms with van der Waals surface area (Å²) in [6.45, 7) is 1.86. The number of nitrogens with two attached hydrogens (primary N) is 1. The van der Waals surface area contributed by atoms with Gasteiger partial charge in [-0.05, 0) is 56.1 Å². The second kappa shape index (κ2) is 9.51. The zero-order valence-corrected chi connectivity index (χ0v) is 16.4. The largest absolute Gasteiger partial charge is 0.490 e. The number of hydrogen-bond donors (Lipinski definition) is 1. The van der Waals surface area contributed by atoms with Gasteiger partial charge in [-0.15, -0.1) is 0 Å². The lowest BCUT2D eigenvalue weighted by atomic mass is 9.86. The summed E-state index contributed by atoms with van der Waals surface area (Å²) in [5.74, 6) is 1.08. The van der Waals surface area contributed by atoms with Gasteiger partial charge in [0, 0.05) is 31.2 Å². The molecule has 2 aliphatic carbocycles. The van der Waals surface area contributed by atoms with Crippen molar-refractivity contribution in [1.29, 1.82) is 0 Å². The van der Waals surface area contributed by atoms with Crippen LogP contribution in [0.25, 0.3) is 0 Å². The summed E-state index contributed by atoms with van der Waals surface area (Å²) < 4.78 is 5.15. The van der Waals surface area contributed by atoms with Crippen LogP contribution in [0.15, 0.2) is 18.2 Å². The average molecular weight is 376 g/mol. The van der Waals surface area contributed by atoms with Crippen molar-refractivity contribution in [2.75, 3.05) is 13.7 Å². The summed E-state index contributed by atoms with van der Waals surface area (Å²) in [6.07, 6.45) is 11.1. The van der Waals surface area contributed by atoms with E-state index in [4.69, 9.17) is 10.5 Å². The highest BCUT2D eigenvalue weighted by Crippen LogP contribution is 2.32. The smallest absolute Gasteiger partial charge is 0.311 e. The van der Waals surface area contributed by atoms with Gasteiger partial charge in [0.05, 0.1) is 12.0 Å². The van der Waals surface area contributed by atoms with Gasteiger partial charge in [0.1, 0.15) is 0 Å². The zero-order chi connectivity index (χ0) is 19.2. The Kier molecular flexibility index (Phi) is 7.07. The summed E-state index contributed by atoms with van der Waals surface area (Å²) in [5, 5.41) is 11.4. The van der Waals surface area contributed by atoms with Crippen molar-refractivity contribution in [3.05, 3.63) is 33.9 Å². The minimum atomic E-state index is -0.354. The molecule has 0 aromatic heterocycles. The van der Waals surface area contributed by atoms with Crippen molar-refractivity contribution in [1.82, 2.24) is 4.90 Å². The first-order valence-electron chi connectivity index (χ1n) is 10.4. The maximum atomic E-state index is 11.4. The highest BCUT2D eigenvalue weighted by molar-refractivity contribution is 5.48. The number of benzene rings is 1. The Bertz CT molecular complexity index is 623. The summed E-state index contributed by atoms with van der Waals surface area (Å²) in [6, 6.07) is 6.24. The van der Waals surface area contributed by atoms with Crippen molar-refractivity contribution in [2.24, 2.45) is 11.7 Å². The molecule has 6 nitrogen and oxygen atoms in total. The van der Waals surface area contributed by atoms with Crippen molar-refractivity contribution in [2.45, 2.75) is 76.4 Å². The molecular formula is C21H33N3O3. The second-order valence-electron chi connectivity index (χ2n) is 8.27. The average Bonchev–Trinajstić information content (AvgIpc) is 2.69. The summed E-state index contributed by atoms with van der Waals surface area (Å²) in [7, 11) is 1.47. The van der Waals surface area contributed by atoms with E-state index in [9.17, 15) is 10.1 Å². The van der Waals surface area contributed by atoms with Crippen molar-refractivity contribution >= 4 is 5.69 Å². The molecule has 1 aromatic carbocycles. The molecule has 1 aromatic rings. The van der Waals surface area contributed by atoms with E-state index in [1.807, 2.05) is 6.07 Å². The van der Waals surface area contributed by atoms with E-state index in [1.54, 1.807) is 12.1 Å². The number of ether oxygens (including phenoxy) is 1. The lowest BCUT2D eigenvalue weighted by Gasteiger charge is -2.39. The Morgan fingerprint density at radius 3 is 2.48 bits per heavy atom. The Morgan fingerprint density at radius 1 is 1.15 bits per heavy atom. The third-order valence-electron chi connectivity index (χ3n) is 6.30. The zero-order valence-electron chi connectivity index (χ0n) is 16.4. The topological polar surface area (TPSA) is 81.6 Å². The van der Waals surface area contributed by atoms with E-state index in [0.717, 1.165) is 50.3 Å². The molecule has 0 amide bonds. The minimum Gasteiger partial charge on any atom is -0.490 e. The molecule has 0 atom stereocenters. The summed E-state index contributed by atoms with van der Waals surface area (Å²) in [4.78, 5) is 13.6. The molecule has 0 heterocycles. The molecular weight excluding hydrogens is 342 g/mol. The van der Waals surface area contributed by atoms with E-state index in [0.29, 0.717) is 17.8 Å². The predicted molar refractivity (Wildman–Crippen MR) is 107 cm³/mol. The quantitative estimate of drug-likeness (QED) is 0.569. The van der Waals surface area contributed by atoms with Gasteiger partial charge in [0.15, 0.2) is 5.75 Å². The molecule has 150 valence electrons. The summed E-state index contributed by atoms with van der Waals surface area (Å²) >= 11 is 0. The number of hydrogen-bond acceptors (Lipinski definition) is 5. The van der Waals surface area contributed by atoms with Crippen LogP contribution in [-0.4, -0.2) is 35.6 Å². The maximum Gasteiger partial charge on any atom is 0.311 e. The molecule has 27 heavy (non-hydrogen) atoms. The number of nitro benzene ring substituents is 1. The maximum absolute atomic E-state index is 11.4. The van der Waals surface area contributed by atoms with Crippen LogP contribution < -0.4 is 10.5 Å². The fourth-order valence-corrected chi connectivity index (χ4v) is 4.72. The predicted octanol–water partition coefficient (Wildman–Crippen LogP) is 4.26. The fourth-order valence-electron chi connectivity index (χ4n) is 4.72. The first-order chi connectivity index (χ1) is 13.1. The molecule has 2 saturated carbocycles. The van der Waals surface area contributed by atoms with Crippen LogP contribution >= 0.6 is 0 Å². The van der Waals surface area contributed by atoms with Gasteiger partial charge in [-0.3, -0.25) is 15.0 Å². The van der Waals surface area contributed by atoms with Gasteiger partial charge in [-0.2, -0.15) is 0 Å². The molecule has 0 unspecified atom stereocenters. The number of methoxy groups -OCH3 is 1. The highest BCUT2D eigenvalue weighted by Gasteiger charge is 2.27. The summed E-state index contributed by atoms with van der Waals surface area (Å²) in [5.41, 5.74) is 7.16. The van der Waals surface area contributed by atoms with Crippen molar-refractivity contribution in [3.63, 3.8) is 0 Å². The molecule has 0 spiro atoms. The third-order valence-corrected chi connectivity index (χ3v) is 6.30. The molecule has 3 rings (SSSR count). The molecule has 6 heteroatoms. The number of rotatable bonds is 7. The van der Waals surface area contributed by atoms with Gasteiger partial charge in [-0.1, -0.05) is 25.3 Å². The SMILES string of the molecule is COc1ccc(CN(CC2CCCCC2)C2CCC(N)CC2)cc1[N+](=O)[O-]. The van der Waals surface area contributed by atoms with Crippen LogP contribution in [0.4, 0.5) is 5.69 Å². The lowest BCUT2D eigenvalue weighted by Crippen LogP contribution is -2.43. The lowest BCUT2D eigenvalue weighted by molar-refractivity contribution is -0.385. The van der Waals surface area contributed by atoms with E-state index < -0.39 is 0 Å². The Morgan fingerprint density at radius 2 is 1.85 bits per heavy atom. The fraction of sp³-hybridized carbons (Fsp3) is 0.714. The van der Waals surface area contributed by atoms with Gasteiger partial charge in [0.2, 0.25) is 0 Å². The van der Waals surface area contributed by atoms with Crippen LogP contribution in [0.3, 0.4) is 0 Å². The first-order valence-corrected chi connectivity index (χ1v) is 10.4. The number of nitro groups is 1. The van der Waals surface area contributed by atoms with E-state index in [1.165, 1.54) is 39.2 Å². The van der Waals surface area contributed by atoms with Crippen molar-refractivity contribution in [3.8, 4) is 5.75 Å². The molecule has 2 aliphatic rings. The minimum absolute atomic E-state index is 0.0540. The standard InChI is InChI=1S/C21H33N3O3/c1-27-21-12-7-17(13-20(21)24(25)26)15-23(14-16-5-3-2-4-6-16)19-10-8-18(22)9-11-19/h7,12-13,16,18-19H,2-6,8-11,14-15,22H2,1H3. The van der Waals surface area contributed by atoms with Gasteiger partial charge in [0.25, 0.3) is 0 Å². The molecule has 0 radical (unpaired) electrons. The Balaban J connectivity index is 1.75. The first kappa shape index (κ1) is 20.1. The van der Waals surface area contributed by atoms with Gasteiger partial charge >= 0.3 is 5.69 Å². The van der Waals surface area contributed by atoms with Crippen molar-refractivity contribution < 1.29 is 9.66 Å². The van der Waals surface area contributed by atoms with E-state index in [2.05, 4.69) is 4.90 Å². The van der Waals surface area contributed by atoms with Crippen LogP contribution in [0.5, 0.6) is 5.75 Å². The van der Waals surface area contributed by atoms with Crippen LogP contribution in [0.1, 0.15) is 63.4 Å². The van der Waals surface area contributed by atoms with E-state index >= 15 is 0 Å². The van der Waals surface area contributed by atoms with Crippen LogP contribution in [0.2, 0.25) is 0 Å². The molecule has 0 saturated heterocycles. The monoisotopic (exact) mass is 375 g/mol. The Hall–Kier alpha value is -1.66. The normalized spacial score (nSPS) is 24.1. The highest BCUT2D eigenvalue weighted by atomic mass is 16.6. The number of nitrogens with zero attached hydrogens (tertiary/aromatic N) is 2. The van der Waals surface area contributed by atoms with Crippen LogP contribution in [0, 0.1) is 16.0 Å². The Labute approximate surface area is 162 Å². The van der Waals surface area contributed by atoms with Gasteiger partial charge in [-0.25, -0.2) is 0 Å². The molecule has 2 N–H and O–H groups in total. The molecule has 0 bridgehead atoms.